The second kappa shape index (κ2) is 6.72. The predicted octanol–water partition coefficient (Wildman–Crippen LogP) is 6.44. The first-order chi connectivity index (χ1) is 14.8. The first-order valence-electron chi connectivity index (χ1n) is 12.9. The van der Waals surface area contributed by atoms with Gasteiger partial charge in [0.2, 0.25) is 0 Å². The lowest BCUT2D eigenvalue weighted by Gasteiger charge is -2.61. The molecule has 6 rings (SSSR count). The van der Waals surface area contributed by atoms with Crippen molar-refractivity contribution in [1.29, 1.82) is 0 Å². The number of hydrogen-bond acceptors (Lipinski definition) is 3. The Morgan fingerprint density at radius 1 is 1.10 bits per heavy atom. The molecule has 0 amide bonds. The topological polar surface area (TPSA) is 31.4 Å². The van der Waals surface area contributed by atoms with E-state index in [1.807, 2.05) is 19.5 Å². The van der Waals surface area contributed by atoms with Crippen molar-refractivity contribution in [2.24, 2.45) is 45.8 Å². The number of ether oxygens (including phenoxy) is 2. The Morgan fingerprint density at radius 2 is 1.94 bits per heavy atom. The number of hydrogen-bond donors (Lipinski definition) is 0. The maximum atomic E-state index is 6.55. The maximum absolute atomic E-state index is 6.55. The van der Waals surface area contributed by atoms with E-state index in [1.54, 1.807) is 0 Å². The SMILES string of the molecule is COC1C[C@H]2[C@@H]3CC[C@H]([C@H](C)Oc4cnccc4C)[C@@]3(C)CC[C@@H]2[C@@]2(C)CC[C@@H]3C[C@@]132. The van der Waals surface area contributed by atoms with Gasteiger partial charge in [0, 0.05) is 24.6 Å². The van der Waals surface area contributed by atoms with Crippen LogP contribution in [0.5, 0.6) is 5.75 Å². The molecule has 0 bridgehead atoms. The molecule has 1 heterocycles. The molecule has 5 aliphatic carbocycles. The van der Waals surface area contributed by atoms with Gasteiger partial charge >= 0.3 is 0 Å². The van der Waals surface area contributed by atoms with Crippen LogP contribution in [0, 0.1) is 52.8 Å². The first-order valence-corrected chi connectivity index (χ1v) is 12.9. The van der Waals surface area contributed by atoms with Crippen LogP contribution in [0.4, 0.5) is 0 Å². The third-order valence-electron chi connectivity index (χ3n) is 11.8. The molecule has 170 valence electrons. The van der Waals surface area contributed by atoms with Crippen LogP contribution in [0.1, 0.15) is 77.7 Å². The Kier molecular flexibility index (Phi) is 4.44. The van der Waals surface area contributed by atoms with Gasteiger partial charge in [0.15, 0.2) is 0 Å². The van der Waals surface area contributed by atoms with E-state index in [9.17, 15) is 0 Å². The molecule has 1 aromatic heterocycles. The van der Waals surface area contributed by atoms with Crippen LogP contribution in [-0.2, 0) is 4.74 Å². The molecule has 0 aliphatic heterocycles. The standard InChI is InChI=1S/C28H41NO2/c1-17-10-13-29-16-24(17)31-18(2)21-6-7-22-20-14-25(30-5)28-15-19(28)8-12-27(28,4)23(20)9-11-26(21,22)3/h10,13,16,18-23,25H,6-9,11-12,14-15H2,1-5H3/t18-,19+,20-,21+,22-,23-,25?,26+,27+,28-/m0/s1. The van der Waals surface area contributed by atoms with Crippen LogP contribution >= 0.6 is 0 Å². The fraction of sp³-hybridized carbons (Fsp3) is 0.821. The minimum Gasteiger partial charge on any atom is -0.489 e. The van der Waals surface area contributed by atoms with Gasteiger partial charge in [-0.25, -0.2) is 0 Å². The van der Waals surface area contributed by atoms with E-state index in [2.05, 4.69) is 38.7 Å². The average Bonchev–Trinajstić information content (AvgIpc) is 3.26. The highest BCUT2D eigenvalue weighted by atomic mass is 16.5. The van der Waals surface area contributed by atoms with Crippen LogP contribution in [0.3, 0.4) is 0 Å². The van der Waals surface area contributed by atoms with Gasteiger partial charge in [-0.1, -0.05) is 13.8 Å². The van der Waals surface area contributed by atoms with Gasteiger partial charge in [0.05, 0.1) is 18.4 Å². The molecule has 3 nitrogen and oxygen atoms in total. The number of pyridine rings is 1. The van der Waals surface area contributed by atoms with E-state index >= 15 is 0 Å². The monoisotopic (exact) mass is 423 g/mol. The van der Waals surface area contributed by atoms with E-state index in [4.69, 9.17) is 9.47 Å². The Balaban J connectivity index is 1.27. The molecule has 5 fully saturated rings. The Bertz CT molecular complexity index is 870. The number of rotatable bonds is 4. The van der Waals surface area contributed by atoms with Gasteiger partial charge in [-0.2, -0.15) is 0 Å². The first kappa shape index (κ1) is 20.5. The van der Waals surface area contributed by atoms with E-state index in [1.165, 1.54) is 56.9 Å². The van der Waals surface area contributed by atoms with Crippen molar-refractivity contribution in [3.05, 3.63) is 24.0 Å². The van der Waals surface area contributed by atoms with Crippen LogP contribution in [0.15, 0.2) is 18.5 Å². The fourth-order valence-electron chi connectivity index (χ4n) is 10.2. The molecule has 0 saturated heterocycles. The summed E-state index contributed by atoms with van der Waals surface area (Å²) in [6.07, 6.45) is 15.7. The summed E-state index contributed by atoms with van der Waals surface area (Å²) in [7, 11) is 2.00. The van der Waals surface area contributed by atoms with Crippen molar-refractivity contribution in [1.82, 2.24) is 4.98 Å². The highest BCUT2D eigenvalue weighted by Gasteiger charge is 2.77. The summed E-state index contributed by atoms with van der Waals surface area (Å²) < 4.78 is 12.8. The van der Waals surface area contributed by atoms with Crippen molar-refractivity contribution in [2.45, 2.75) is 91.3 Å². The number of nitrogens with zero attached hydrogens (tertiary/aromatic N) is 1. The minimum atomic E-state index is 0.248. The highest BCUT2D eigenvalue weighted by Crippen LogP contribution is 2.82. The summed E-state index contributed by atoms with van der Waals surface area (Å²) in [6.45, 7) is 9.74. The molecule has 31 heavy (non-hydrogen) atoms. The van der Waals surface area contributed by atoms with Gasteiger partial charge in [0.1, 0.15) is 5.75 Å². The van der Waals surface area contributed by atoms with Crippen LogP contribution < -0.4 is 4.74 Å². The summed E-state index contributed by atoms with van der Waals surface area (Å²) >= 11 is 0. The van der Waals surface area contributed by atoms with Gasteiger partial charge in [-0.15, -0.1) is 0 Å². The lowest BCUT2D eigenvalue weighted by atomic mass is 9.45. The van der Waals surface area contributed by atoms with Crippen LogP contribution in [0.2, 0.25) is 0 Å². The quantitative estimate of drug-likeness (QED) is 0.558. The molecule has 1 spiro atoms. The number of methoxy groups -OCH3 is 1. The zero-order valence-electron chi connectivity index (χ0n) is 20.2. The summed E-state index contributed by atoms with van der Waals surface area (Å²) in [4.78, 5) is 4.31. The van der Waals surface area contributed by atoms with Crippen molar-refractivity contribution in [3.63, 3.8) is 0 Å². The number of fused-ring (bicyclic) bond motifs is 4. The summed E-state index contributed by atoms with van der Waals surface area (Å²) in [5.41, 5.74) is 2.65. The number of aryl methyl sites for hydroxylation is 1. The van der Waals surface area contributed by atoms with Gasteiger partial charge < -0.3 is 9.47 Å². The molecule has 5 aliphatic rings. The molecule has 5 saturated carbocycles. The smallest absolute Gasteiger partial charge is 0.140 e. The van der Waals surface area contributed by atoms with Gasteiger partial charge in [-0.3, -0.25) is 4.98 Å². The molecular formula is C28H41NO2. The molecule has 1 aromatic rings. The molecule has 0 aromatic carbocycles. The zero-order chi connectivity index (χ0) is 21.6. The molecule has 0 N–H and O–H groups in total. The Hall–Kier alpha value is -1.09. The Labute approximate surface area is 188 Å². The number of aromatic nitrogens is 1. The van der Waals surface area contributed by atoms with E-state index in [0.29, 0.717) is 28.3 Å². The Morgan fingerprint density at radius 3 is 2.68 bits per heavy atom. The van der Waals surface area contributed by atoms with Crippen molar-refractivity contribution in [2.75, 3.05) is 7.11 Å². The summed E-state index contributed by atoms with van der Waals surface area (Å²) in [5, 5.41) is 0. The van der Waals surface area contributed by atoms with Gasteiger partial charge in [0.25, 0.3) is 0 Å². The summed E-state index contributed by atoms with van der Waals surface area (Å²) in [6, 6.07) is 2.06. The van der Waals surface area contributed by atoms with Crippen LogP contribution in [0.25, 0.3) is 0 Å². The normalized spacial score (nSPS) is 50.7. The zero-order valence-corrected chi connectivity index (χ0v) is 20.2. The largest absolute Gasteiger partial charge is 0.489 e. The third kappa shape index (κ3) is 2.53. The van der Waals surface area contributed by atoms with Crippen molar-refractivity contribution in [3.8, 4) is 5.75 Å². The lowest BCUT2D eigenvalue weighted by molar-refractivity contribution is -0.162. The highest BCUT2D eigenvalue weighted by molar-refractivity contribution is 5.29. The van der Waals surface area contributed by atoms with Crippen molar-refractivity contribution >= 4 is 0 Å². The molecule has 1 unspecified atom stereocenters. The lowest BCUT2D eigenvalue weighted by Crippen LogP contribution is -2.57. The molecule has 3 heteroatoms. The second-order valence-corrected chi connectivity index (χ2v) is 12.4. The van der Waals surface area contributed by atoms with Crippen molar-refractivity contribution < 1.29 is 9.47 Å². The van der Waals surface area contributed by atoms with E-state index < -0.39 is 0 Å². The third-order valence-corrected chi connectivity index (χ3v) is 11.8. The van der Waals surface area contributed by atoms with E-state index in [0.717, 1.165) is 29.4 Å². The van der Waals surface area contributed by atoms with E-state index in [-0.39, 0.29) is 6.10 Å². The van der Waals surface area contributed by atoms with Gasteiger partial charge in [-0.05, 0) is 111 Å². The summed E-state index contributed by atoms with van der Waals surface area (Å²) in [5.74, 6) is 5.16. The minimum absolute atomic E-state index is 0.248. The van der Waals surface area contributed by atoms with Crippen LogP contribution in [-0.4, -0.2) is 24.3 Å². The molecule has 10 atom stereocenters. The maximum Gasteiger partial charge on any atom is 0.140 e. The predicted molar refractivity (Wildman–Crippen MR) is 123 cm³/mol. The second-order valence-electron chi connectivity index (χ2n) is 12.4. The molecular weight excluding hydrogens is 382 g/mol. The molecule has 0 radical (unpaired) electrons. The fourth-order valence-corrected chi connectivity index (χ4v) is 10.2. The average molecular weight is 424 g/mol.